The van der Waals surface area contributed by atoms with Crippen LogP contribution in [0.5, 0.6) is 11.9 Å². The molecular weight excluding hydrogens is 324 g/mol. The number of sulfonamides is 1. The second-order valence-electron chi connectivity index (χ2n) is 5.21. The summed E-state index contributed by atoms with van der Waals surface area (Å²) in [7, 11) is -0.339. The Morgan fingerprint density at radius 2 is 1.96 bits per heavy atom. The molecule has 0 unspecified atom stereocenters. The van der Waals surface area contributed by atoms with E-state index in [9.17, 15) is 13.2 Å². The molecule has 0 atom stereocenters. The zero-order valence-corrected chi connectivity index (χ0v) is 14.1. The van der Waals surface area contributed by atoms with E-state index in [0.29, 0.717) is 31.6 Å². The molecule has 1 aliphatic rings. The van der Waals surface area contributed by atoms with Gasteiger partial charge >= 0.3 is 6.01 Å². The van der Waals surface area contributed by atoms with E-state index in [4.69, 9.17) is 9.47 Å². The van der Waals surface area contributed by atoms with Crippen molar-refractivity contribution in [2.24, 2.45) is 5.92 Å². The summed E-state index contributed by atoms with van der Waals surface area (Å²) < 4.78 is 34.3. The summed E-state index contributed by atoms with van der Waals surface area (Å²) in [6.45, 7) is 0.681. The quantitative estimate of drug-likeness (QED) is 0.806. The number of ether oxygens (including phenoxy) is 2. The lowest BCUT2D eigenvalue weighted by Gasteiger charge is -2.29. The van der Waals surface area contributed by atoms with Crippen molar-refractivity contribution in [2.75, 3.05) is 38.9 Å². The molecule has 0 aromatic carbocycles. The molecule has 1 aromatic heterocycles. The molecule has 0 saturated carbocycles. The molecule has 0 bridgehead atoms. The van der Waals surface area contributed by atoms with E-state index in [0.717, 1.165) is 0 Å². The summed E-state index contributed by atoms with van der Waals surface area (Å²) in [6.07, 6.45) is 3.53. The van der Waals surface area contributed by atoms with E-state index in [1.807, 2.05) is 0 Å². The zero-order chi connectivity index (χ0) is 17.0. The van der Waals surface area contributed by atoms with Crippen LogP contribution in [-0.4, -0.2) is 62.2 Å². The highest BCUT2D eigenvalue weighted by atomic mass is 32.2. The van der Waals surface area contributed by atoms with Gasteiger partial charge in [-0.05, 0) is 12.8 Å². The number of carbonyl (C=O) groups is 1. The minimum Gasteiger partial charge on any atom is -0.479 e. The molecule has 1 amide bonds. The van der Waals surface area contributed by atoms with Crippen LogP contribution in [0.1, 0.15) is 12.8 Å². The molecule has 1 aromatic rings. The number of methoxy groups -OCH3 is 2. The van der Waals surface area contributed by atoms with Gasteiger partial charge in [0.05, 0.1) is 26.7 Å². The summed E-state index contributed by atoms with van der Waals surface area (Å²) >= 11 is 0. The third-order valence-corrected chi connectivity index (χ3v) is 4.96. The molecule has 1 N–H and O–H groups in total. The van der Waals surface area contributed by atoms with Gasteiger partial charge in [-0.3, -0.25) is 4.79 Å². The first-order valence-electron chi connectivity index (χ1n) is 7.06. The Morgan fingerprint density at radius 3 is 2.48 bits per heavy atom. The first-order chi connectivity index (χ1) is 10.8. The zero-order valence-electron chi connectivity index (χ0n) is 13.3. The third kappa shape index (κ3) is 4.29. The smallest absolute Gasteiger partial charge is 0.319 e. The van der Waals surface area contributed by atoms with E-state index in [1.165, 1.54) is 31.0 Å². The molecule has 23 heavy (non-hydrogen) atoms. The summed E-state index contributed by atoms with van der Waals surface area (Å²) in [6, 6.07) is 0.140. The maximum Gasteiger partial charge on any atom is 0.319 e. The summed E-state index contributed by atoms with van der Waals surface area (Å²) in [5.41, 5.74) is 0.351. The molecule has 1 fully saturated rings. The van der Waals surface area contributed by atoms with Gasteiger partial charge in [-0.25, -0.2) is 17.7 Å². The lowest BCUT2D eigenvalue weighted by atomic mass is 9.97. The Labute approximate surface area is 135 Å². The maximum atomic E-state index is 12.3. The molecule has 2 heterocycles. The van der Waals surface area contributed by atoms with Crippen LogP contribution >= 0.6 is 0 Å². The van der Waals surface area contributed by atoms with Crippen molar-refractivity contribution in [3.63, 3.8) is 0 Å². The second kappa shape index (κ2) is 7.09. The lowest BCUT2D eigenvalue weighted by Crippen LogP contribution is -2.40. The van der Waals surface area contributed by atoms with Gasteiger partial charge in [0.15, 0.2) is 0 Å². The average molecular weight is 344 g/mol. The van der Waals surface area contributed by atoms with Gasteiger partial charge in [-0.15, -0.1) is 0 Å². The highest BCUT2D eigenvalue weighted by molar-refractivity contribution is 7.88. The highest BCUT2D eigenvalue weighted by Gasteiger charge is 2.29. The van der Waals surface area contributed by atoms with Crippen LogP contribution in [0.15, 0.2) is 6.20 Å². The Kier molecular flexibility index (Phi) is 5.37. The Balaban J connectivity index is 2.01. The fourth-order valence-corrected chi connectivity index (χ4v) is 3.25. The standard InChI is InChI=1S/C13H20N4O5S/c1-21-12-10(8-14-13(16-12)22-2)15-11(18)9-4-6-17(7-5-9)23(3,19)20/h8-9H,4-7H2,1-3H3,(H,15,18). The summed E-state index contributed by atoms with van der Waals surface area (Å²) in [5.74, 6) is -0.260. The predicted octanol–water partition coefficient (Wildman–Crippen LogP) is 0.104. The SMILES string of the molecule is COc1ncc(NC(=O)C2CCN(S(C)(=O)=O)CC2)c(OC)n1. The van der Waals surface area contributed by atoms with E-state index in [2.05, 4.69) is 15.3 Å². The Hall–Kier alpha value is -1.94. The first kappa shape index (κ1) is 17.4. The van der Waals surface area contributed by atoms with Crippen molar-refractivity contribution >= 4 is 21.6 Å². The topological polar surface area (TPSA) is 111 Å². The van der Waals surface area contributed by atoms with E-state index in [1.54, 1.807) is 0 Å². The van der Waals surface area contributed by atoms with Crippen molar-refractivity contribution in [2.45, 2.75) is 12.8 Å². The molecule has 1 aliphatic heterocycles. The molecule has 0 spiro atoms. The first-order valence-corrected chi connectivity index (χ1v) is 8.91. The largest absolute Gasteiger partial charge is 0.479 e. The van der Waals surface area contributed by atoms with Gasteiger partial charge in [-0.2, -0.15) is 4.98 Å². The number of hydrogen-bond donors (Lipinski definition) is 1. The normalized spacial score (nSPS) is 16.8. The maximum absolute atomic E-state index is 12.3. The lowest BCUT2D eigenvalue weighted by molar-refractivity contribution is -0.120. The monoisotopic (exact) mass is 344 g/mol. The minimum absolute atomic E-state index is 0.140. The predicted molar refractivity (Wildman–Crippen MR) is 82.9 cm³/mol. The van der Waals surface area contributed by atoms with Gasteiger partial charge in [0.25, 0.3) is 0 Å². The number of rotatable bonds is 5. The molecular formula is C13H20N4O5S. The van der Waals surface area contributed by atoms with E-state index >= 15 is 0 Å². The van der Waals surface area contributed by atoms with Crippen molar-refractivity contribution in [3.8, 4) is 11.9 Å². The number of carbonyl (C=O) groups excluding carboxylic acids is 1. The third-order valence-electron chi connectivity index (χ3n) is 3.66. The van der Waals surface area contributed by atoms with Gasteiger partial charge in [0.1, 0.15) is 5.69 Å². The summed E-state index contributed by atoms with van der Waals surface area (Å²) in [5, 5.41) is 2.72. The van der Waals surface area contributed by atoms with Crippen LogP contribution in [0.4, 0.5) is 5.69 Å². The van der Waals surface area contributed by atoms with Crippen LogP contribution in [0.2, 0.25) is 0 Å². The fourth-order valence-electron chi connectivity index (χ4n) is 2.38. The average Bonchev–Trinajstić information content (AvgIpc) is 2.54. The van der Waals surface area contributed by atoms with Crippen molar-refractivity contribution in [3.05, 3.63) is 6.20 Å². The van der Waals surface area contributed by atoms with Crippen LogP contribution in [0.25, 0.3) is 0 Å². The molecule has 0 aliphatic carbocycles. The van der Waals surface area contributed by atoms with Gasteiger partial charge in [-0.1, -0.05) is 0 Å². The number of nitrogens with zero attached hydrogens (tertiary/aromatic N) is 3. The van der Waals surface area contributed by atoms with E-state index in [-0.39, 0.29) is 23.7 Å². The molecule has 9 nitrogen and oxygen atoms in total. The van der Waals surface area contributed by atoms with Crippen LogP contribution in [0, 0.1) is 5.92 Å². The summed E-state index contributed by atoms with van der Waals surface area (Å²) in [4.78, 5) is 20.3. The highest BCUT2D eigenvalue weighted by Crippen LogP contribution is 2.25. The van der Waals surface area contributed by atoms with Crippen LogP contribution in [0.3, 0.4) is 0 Å². The van der Waals surface area contributed by atoms with Crippen molar-refractivity contribution in [1.29, 1.82) is 0 Å². The van der Waals surface area contributed by atoms with Crippen molar-refractivity contribution < 1.29 is 22.7 Å². The van der Waals surface area contributed by atoms with Gasteiger partial charge < -0.3 is 14.8 Å². The number of aromatic nitrogens is 2. The molecule has 0 radical (unpaired) electrons. The van der Waals surface area contributed by atoms with Crippen molar-refractivity contribution in [1.82, 2.24) is 14.3 Å². The number of anilines is 1. The number of nitrogens with one attached hydrogen (secondary N) is 1. The number of piperidine rings is 1. The Bertz CT molecular complexity index is 671. The Morgan fingerprint density at radius 1 is 1.30 bits per heavy atom. The van der Waals surface area contributed by atoms with E-state index < -0.39 is 10.0 Å². The molecule has 2 rings (SSSR count). The second-order valence-corrected chi connectivity index (χ2v) is 7.19. The molecule has 10 heteroatoms. The van der Waals surface area contributed by atoms with Crippen LogP contribution in [-0.2, 0) is 14.8 Å². The minimum atomic E-state index is -3.20. The van der Waals surface area contributed by atoms with Crippen LogP contribution < -0.4 is 14.8 Å². The molecule has 1 saturated heterocycles. The molecule has 128 valence electrons. The number of hydrogen-bond acceptors (Lipinski definition) is 7. The fraction of sp³-hybridized carbons (Fsp3) is 0.615. The van der Waals surface area contributed by atoms with Gasteiger partial charge in [0.2, 0.25) is 21.8 Å². The van der Waals surface area contributed by atoms with Gasteiger partial charge in [0, 0.05) is 19.0 Å². The number of amides is 1.